The number of fused-ring (bicyclic) bond motifs is 2. The van der Waals surface area contributed by atoms with E-state index in [-0.39, 0.29) is 0 Å². The molecule has 2 N–H and O–H groups in total. The van der Waals surface area contributed by atoms with Crippen molar-refractivity contribution in [3.05, 3.63) is 0 Å². The van der Waals surface area contributed by atoms with Crippen LogP contribution >= 0.6 is 0 Å². The molecule has 2 atom stereocenters. The Balaban J connectivity index is 1.68. The molecule has 1 saturated carbocycles. The van der Waals surface area contributed by atoms with E-state index in [1.54, 1.807) is 0 Å². The molecule has 3 fully saturated rings. The maximum absolute atomic E-state index is 6.14. The molecule has 2 saturated heterocycles. The zero-order chi connectivity index (χ0) is 12.4. The minimum absolute atomic E-state index is 0.476. The van der Waals surface area contributed by atoms with Crippen molar-refractivity contribution in [3.8, 4) is 0 Å². The zero-order valence-electron chi connectivity index (χ0n) is 11.9. The van der Waals surface area contributed by atoms with Gasteiger partial charge in [-0.3, -0.25) is 4.90 Å². The first kappa shape index (κ1) is 12.0. The van der Waals surface area contributed by atoms with E-state index in [0.29, 0.717) is 16.9 Å². The van der Waals surface area contributed by atoms with Gasteiger partial charge in [0.2, 0.25) is 0 Å². The molecule has 2 unspecified atom stereocenters. The lowest BCUT2D eigenvalue weighted by Crippen LogP contribution is -2.48. The SMILES string of the molecule is CC1(C)C(CN2C3CCC2CC(N)C3)C1(C)C. The van der Waals surface area contributed by atoms with E-state index in [2.05, 4.69) is 32.6 Å². The summed E-state index contributed by atoms with van der Waals surface area (Å²) in [6, 6.07) is 2.08. The summed E-state index contributed by atoms with van der Waals surface area (Å²) < 4.78 is 0. The largest absolute Gasteiger partial charge is 0.328 e. The van der Waals surface area contributed by atoms with Gasteiger partial charge >= 0.3 is 0 Å². The third-order valence-electron chi connectivity index (χ3n) is 6.63. The molecule has 0 aromatic heterocycles. The van der Waals surface area contributed by atoms with Crippen LogP contribution in [0.4, 0.5) is 0 Å². The van der Waals surface area contributed by atoms with E-state index in [1.165, 1.54) is 32.2 Å². The van der Waals surface area contributed by atoms with Gasteiger partial charge in [-0.2, -0.15) is 0 Å². The van der Waals surface area contributed by atoms with Gasteiger partial charge in [0.1, 0.15) is 0 Å². The molecule has 2 nitrogen and oxygen atoms in total. The Morgan fingerprint density at radius 2 is 1.47 bits per heavy atom. The minimum atomic E-state index is 0.476. The van der Waals surface area contributed by atoms with Crippen LogP contribution in [-0.4, -0.2) is 29.6 Å². The summed E-state index contributed by atoms with van der Waals surface area (Å²) in [5, 5.41) is 0. The maximum atomic E-state index is 6.14. The highest BCUT2D eigenvalue weighted by Crippen LogP contribution is 2.68. The van der Waals surface area contributed by atoms with Crippen LogP contribution in [0.25, 0.3) is 0 Å². The molecule has 2 aliphatic heterocycles. The topological polar surface area (TPSA) is 29.3 Å². The monoisotopic (exact) mass is 236 g/mol. The molecular formula is C15H28N2. The highest BCUT2D eigenvalue weighted by atomic mass is 15.2. The van der Waals surface area contributed by atoms with Gasteiger partial charge in [0.15, 0.2) is 0 Å². The number of hydrogen-bond acceptors (Lipinski definition) is 2. The van der Waals surface area contributed by atoms with E-state index in [0.717, 1.165) is 18.0 Å². The zero-order valence-corrected chi connectivity index (χ0v) is 11.9. The first-order valence-corrected chi connectivity index (χ1v) is 7.35. The molecule has 98 valence electrons. The van der Waals surface area contributed by atoms with Crippen molar-refractivity contribution in [2.24, 2.45) is 22.5 Å². The van der Waals surface area contributed by atoms with Crippen LogP contribution in [0.15, 0.2) is 0 Å². The van der Waals surface area contributed by atoms with Gasteiger partial charge < -0.3 is 5.73 Å². The highest BCUT2D eigenvalue weighted by molar-refractivity contribution is 5.14. The lowest BCUT2D eigenvalue weighted by Gasteiger charge is -2.38. The van der Waals surface area contributed by atoms with E-state index in [9.17, 15) is 0 Å². The molecule has 0 amide bonds. The fourth-order valence-corrected chi connectivity index (χ4v) is 4.61. The van der Waals surface area contributed by atoms with Crippen LogP contribution in [0.3, 0.4) is 0 Å². The molecule has 2 heterocycles. The van der Waals surface area contributed by atoms with Gasteiger partial charge in [0.25, 0.3) is 0 Å². The molecule has 0 aromatic rings. The molecular weight excluding hydrogens is 208 g/mol. The highest BCUT2D eigenvalue weighted by Gasteiger charge is 2.65. The number of piperidine rings is 1. The second-order valence-corrected chi connectivity index (χ2v) is 7.81. The summed E-state index contributed by atoms with van der Waals surface area (Å²) in [6.07, 6.45) is 5.27. The second-order valence-electron chi connectivity index (χ2n) is 7.81. The Bertz CT molecular complexity index is 293. The van der Waals surface area contributed by atoms with Crippen molar-refractivity contribution in [2.75, 3.05) is 6.54 Å². The van der Waals surface area contributed by atoms with Crippen LogP contribution < -0.4 is 5.73 Å². The minimum Gasteiger partial charge on any atom is -0.328 e. The van der Waals surface area contributed by atoms with E-state index in [4.69, 9.17) is 5.73 Å². The summed E-state index contributed by atoms with van der Waals surface area (Å²) in [7, 11) is 0. The predicted molar refractivity (Wildman–Crippen MR) is 71.8 cm³/mol. The molecule has 3 rings (SSSR count). The Morgan fingerprint density at radius 1 is 1.00 bits per heavy atom. The van der Waals surface area contributed by atoms with E-state index in [1.807, 2.05) is 0 Å². The lowest BCUT2D eigenvalue weighted by atomic mass is 9.97. The van der Waals surface area contributed by atoms with Gasteiger partial charge in [0, 0.05) is 24.7 Å². The summed E-state index contributed by atoms with van der Waals surface area (Å²) in [5.41, 5.74) is 7.21. The molecule has 0 radical (unpaired) electrons. The lowest BCUT2D eigenvalue weighted by molar-refractivity contribution is 0.114. The molecule has 3 aliphatic rings. The summed E-state index contributed by atoms with van der Waals surface area (Å²) in [5.74, 6) is 0.882. The normalized spacial score (nSPS) is 43.9. The van der Waals surface area contributed by atoms with Crippen LogP contribution in [0.1, 0.15) is 53.4 Å². The van der Waals surface area contributed by atoms with Crippen LogP contribution in [0.2, 0.25) is 0 Å². The van der Waals surface area contributed by atoms with Gasteiger partial charge in [-0.15, -0.1) is 0 Å². The molecule has 17 heavy (non-hydrogen) atoms. The van der Waals surface area contributed by atoms with Crippen molar-refractivity contribution in [1.82, 2.24) is 4.90 Å². The number of hydrogen-bond donors (Lipinski definition) is 1. The maximum Gasteiger partial charge on any atom is 0.0114 e. The Labute approximate surface area is 106 Å². The first-order chi connectivity index (χ1) is 7.84. The van der Waals surface area contributed by atoms with E-state index < -0.39 is 0 Å². The average molecular weight is 236 g/mol. The fraction of sp³-hybridized carbons (Fsp3) is 1.00. The number of nitrogens with two attached hydrogens (primary N) is 1. The van der Waals surface area contributed by atoms with Crippen molar-refractivity contribution in [2.45, 2.75) is 71.5 Å². The summed E-state index contributed by atoms with van der Waals surface area (Å²) >= 11 is 0. The van der Waals surface area contributed by atoms with Crippen LogP contribution in [-0.2, 0) is 0 Å². The van der Waals surface area contributed by atoms with Gasteiger partial charge in [0.05, 0.1) is 0 Å². The van der Waals surface area contributed by atoms with Crippen molar-refractivity contribution >= 4 is 0 Å². The predicted octanol–water partition coefficient (Wildman–Crippen LogP) is 2.62. The van der Waals surface area contributed by atoms with Crippen molar-refractivity contribution in [1.29, 1.82) is 0 Å². The van der Waals surface area contributed by atoms with Crippen molar-refractivity contribution in [3.63, 3.8) is 0 Å². The number of rotatable bonds is 2. The summed E-state index contributed by atoms with van der Waals surface area (Å²) in [4.78, 5) is 2.81. The molecule has 1 aliphatic carbocycles. The third-order valence-corrected chi connectivity index (χ3v) is 6.63. The van der Waals surface area contributed by atoms with Gasteiger partial charge in [-0.1, -0.05) is 27.7 Å². The van der Waals surface area contributed by atoms with Crippen LogP contribution in [0.5, 0.6) is 0 Å². The summed E-state index contributed by atoms with van der Waals surface area (Å²) in [6.45, 7) is 11.1. The van der Waals surface area contributed by atoms with E-state index >= 15 is 0 Å². The molecule has 0 spiro atoms. The Morgan fingerprint density at radius 3 is 1.88 bits per heavy atom. The standard InChI is InChI=1S/C15H28N2/c1-14(2)13(15(14,3)4)9-17-11-5-6-12(17)8-10(16)7-11/h10-13H,5-9,16H2,1-4H3. The average Bonchev–Trinajstić information content (AvgIpc) is 2.46. The molecule has 0 aromatic carbocycles. The van der Waals surface area contributed by atoms with Gasteiger partial charge in [-0.05, 0) is 42.4 Å². The quantitative estimate of drug-likeness (QED) is 0.798. The third kappa shape index (κ3) is 1.60. The molecule has 2 bridgehead atoms. The van der Waals surface area contributed by atoms with Crippen LogP contribution in [0, 0.1) is 16.7 Å². The first-order valence-electron chi connectivity index (χ1n) is 7.35. The van der Waals surface area contributed by atoms with Crippen molar-refractivity contribution < 1.29 is 0 Å². The Kier molecular flexibility index (Phi) is 2.45. The smallest absolute Gasteiger partial charge is 0.0114 e. The molecule has 2 heteroatoms. The fourth-order valence-electron chi connectivity index (χ4n) is 4.61. The second kappa shape index (κ2) is 3.48. The number of nitrogens with zero attached hydrogens (tertiary/aromatic N) is 1. The van der Waals surface area contributed by atoms with Gasteiger partial charge in [-0.25, -0.2) is 0 Å². The Hall–Kier alpha value is -0.0800.